The molecule has 0 fully saturated rings. The van der Waals surface area contributed by atoms with Gasteiger partial charge in [0, 0.05) is 33.0 Å². The smallest absolute Gasteiger partial charge is 0.132 e. The second-order valence-electron chi connectivity index (χ2n) is 14.3. The van der Waals surface area contributed by atoms with E-state index in [0.717, 1.165) is 24.3 Å². The SMILES string of the molecule is CC1(C)c2ccccc2-c2c(-c3ccc4c(c3)C3(C5=C(CCC=C5)n5c6ccccc6c6cccc3c65)c3ccccc3O4)cccc21. The first kappa shape index (κ1) is 26.5. The Kier molecular flexibility index (Phi) is 4.99. The first-order valence-corrected chi connectivity index (χ1v) is 17.2. The molecule has 0 saturated heterocycles. The Hall–Kier alpha value is -5.60. The van der Waals surface area contributed by atoms with E-state index in [-0.39, 0.29) is 5.41 Å². The lowest BCUT2D eigenvalue weighted by Gasteiger charge is -2.46. The van der Waals surface area contributed by atoms with Gasteiger partial charge in [-0.1, -0.05) is 129 Å². The minimum Gasteiger partial charge on any atom is -0.457 e. The number of nitrogens with zero attached hydrogens (tertiary/aromatic N) is 1. The van der Waals surface area contributed by atoms with Crippen LogP contribution in [-0.2, 0) is 10.8 Å². The summed E-state index contributed by atoms with van der Waals surface area (Å²) in [6, 6.07) is 47.4. The molecular formula is C46H33NO. The van der Waals surface area contributed by atoms with E-state index in [9.17, 15) is 0 Å². The van der Waals surface area contributed by atoms with Gasteiger partial charge in [0.25, 0.3) is 0 Å². The van der Waals surface area contributed by atoms with Crippen LogP contribution in [0.15, 0.2) is 145 Å². The predicted octanol–water partition coefficient (Wildman–Crippen LogP) is 11.8. The van der Waals surface area contributed by atoms with E-state index in [4.69, 9.17) is 4.74 Å². The fraction of sp³-hybridized carbons (Fsp3) is 0.130. The molecule has 11 rings (SSSR count). The number of rotatable bonds is 1. The summed E-state index contributed by atoms with van der Waals surface area (Å²) >= 11 is 0. The van der Waals surface area contributed by atoms with Gasteiger partial charge in [-0.25, -0.2) is 0 Å². The zero-order chi connectivity index (χ0) is 31.8. The number of ether oxygens (including phenoxy) is 1. The van der Waals surface area contributed by atoms with E-state index in [1.807, 2.05) is 0 Å². The van der Waals surface area contributed by atoms with Crippen molar-refractivity contribution in [3.8, 4) is 33.8 Å². The van der Waals surface area contributed by atoms with Gasteiger partial charge in [-0.15, -0.1) is 0 Å². The van der Waals surface area contributed by atoms with Gasteiger partial charge >= 0.3 is 0 Å². The topological polar surface area (TPSA) is 14.2 Å². The first-order valence-electron chi connectivity index (χ1n) is 17.2. The average molecular weight is 616 g/mol. The molecule has 0 radical (unpaired) electrons. The second-order valence-corrected chi connectivity index (χ2v) is 14.3. The van der Waals surface area contributed by atoms with Gasteiger partial charge in [-0.3, -0.25) is 0 Å². The van der Waals surface area contributed by atoms with Gasteiger partial charge in [-0.2, -0.15) is 0 Å². The third kappa shape index (κ3) is 3.05. The number of allylic oxidation sites excluding steroid dienone is 4. The van der Waals surface area contributed by atoms with E-state index in [1.165, 1.54) is 83.1 Å². The molecule has 2 heteroatoms. The van der Waals surface area contributed by atoms with Crippen LogP contribution in [0, 0.1) is 0 Å². The average Bonchev–Trinajstić information content (AvgIpc) is 3.60. The maximum absolute atomic E-state index is 6.85. The fourth-order valence-electron chi connectivity index (χ4n) is 9.76. The third-order valence-electron chi connectivity index (χ3n) is 11.7. The molecule has 2 nitrogen and oxygen atoms in total. The summed E-state index contributed by atoms with van der Waals surface area (Å²) in [5.41, 5.74) is 16.5. The quantitative estimate of drug-likeness (QED) is 0.179. The van der Waals surface area contributed by atoms with Crippen molar-refractivity contribution in [2.24, 2.45) is 0 Å². The number of hydrogen-bond acceptors (Lipinski definition) is 1. The van der Waals surface area contributed by atoms with Crippen LogP contribution in [0.2, 0.25) is 0 Å². The Bertz CT molecular complexity index is 2630. The van der Waals surface area contributed by atoms with Crippen LogP contribution in [0.25, 0.3) is 49.8 Å². The van der Waals surface area contributed by atoms with Gasteiger partial charge < -0.3 is 9.30 Å². The Balaban J connectivity index is 1.28. The van der Waals surface area contributed by atoms with Gasteiger partial charge in [0.05, 0.1) is 16.4 Å². The maximum Gasteiger partial charge on any atom is 0.132 e. The largest absolute Gasteiger partial charge is 0.457 e. The van der Waals surface area contributed by atoms with Crippen molar-refractivity contribution in [3.05, 3.63) is 173 Å². The molecular weight excluding hydrogens is 583 g/mol. The van der Waals surface area contributed by atoms with E-state index in [0.29, 0.717) is 0 Å². The van der Waals surface area contributed by atoms with Crippen LogP contribution in [0.3, 0.4) is 0 Å². The van der Waals surface area contributed by atoms with Crippen molar-refractivity contribution in [1.82, 2.24) is 4.57 Å². The molecule has 228 valence electrons. The van der Waals surface area contributed by atoms with Gasteiger partial charge in [0.2, 0.25) is 0 Å². The van der Waals surface area contributed by atoms with Crippen LogP contribution >= 0.6 is 0 Å². The Labute approximate surface area is 280 Å². The third-order valence-corrected chi connectivity index (χ3v) is 11.7. The lowest BCUT2D eigenvalue weighted by atomic mass is 9.60. The predicted molar refractivity (Wildman–Crippen MR) is 197 cm³/mol. The van der Waals surface area contributed by atoms with Crippen LogP contribution in [0.4, 0.5) is 0 Å². The van der Waals surface area contributed by atoms with Gasteiger partial charge in [0.1, 0.15) is 11.5 Å². The van der Waals surface area contributed by atoms with Crippen molar-refractivity contribution in [3.63, 3.8) is 0 Å². The van der Waals surface area contributed by atoms with Crippen molar-refractivity contribution in [1.29, 1.82) is 0 Å². The van der Waals surface area contributed by atoms with Gasteiger partial charge in [0.15, 0.2) is 0 Å². The minimum absolute atomic E-state index is 0.0571. The number of para-hydroxylation sites is 3. The lowest BCUT2D eigenvalue weighted by molar-refractivity contribution is 0.433. The van der Waals surface area contributed by atoms with E-state index < -0.39 is 5.41 Å². The van der Waals surface area contributed by atoms with E-state index in [2.05, 4.69) is 158 Å². The molecule has 1 spiro atoms. The number of hydrogen-bond donors (Lipinski definition) is 0. The molecule has 48 heavy (non-hydrogen) atoms. The highest BCUT2D eigenvalue weighted by Gasteiger charge is 2.51. The molecule has 4 aliphatic rings. The molecule has 2 aliphatic carbocycles. The normalized spacial score (nSPS) is 19.1. The zero-order valence-electron chi connectivity index (χ0n) is 27.0. The highest BCUT2D eigenvalue weighted by atomic mass is 16.5. The fourth-order valence-corrected chi connectivity index (χ4v) is 9.76. The number of benzene rings is 6. The number of fused-ring (bicyclic) bond motifs is 13. The Morgan fingerprint density at radius 2 is 1.31 bits per heavy atom. The molecule has 0 bridgehead atoms. The molecule has 2 aliphatic heterocycles. The second kappa shape index (κ2) is 9.05. The molecule has 6 aromatic carbocycles. The van der Waals surface area contributed by atoms with E-state index >= 15 is 0 Å². The highest BCUT2D eigenvalue weighted by molar-refractivity contribution is 6.13. The number of aromatic nitrogens is 1. The molecule has 7 aromatic rings. The Morgan fingerprint density at radius 3 is 2.25 bits per heavy atom. The van der Waals surface area contributed by atoms with E-state index in [1.54, 1.807) is 0 Å². The summed E-state index contributed by atoms with van der Waals surface area (Å²) in [4.78, 5) is 0. The van der Waals surface area contributed by atoms with Gasteiger partial charge in [-0.05, 0) is 81.6 Å². The molecule has 0 saturated carbocycles. The van der Waals surface area contributed by atoms with Crippen molar-refractivity contribution in [2.45, 2.75) is 37.5 Å². The first-order chi connectivity index (χ1) is 23.6. The summed E-state index contributed by atoms with van der Waals surface area (Å²) in [5, 5.41) is 2.62. The summed E-state index contributed by atoms with van der Waals surface area (Å²) < 4.78 is 9.42. The van der Waals surface area contributed by atoms with Crippen molar-refractivity contribution in [2.75, 3.05) is 0 Å². The van der Waals surface area contributed by atoms with Crippen molar-refractivity contribution >= 4 is 27.5 Å². The molecule has 1 atom stereocenters. The zero-order valence-corrected chi connectivity index (χ0v) is 27.0. The summed E-state index contributed by atoms with van der Waals surface area (Å²) in [5.74, 6) is 1.86. The monoisotopic (exact) mass is 615 g/mol. The summed E-state index contributed by atoms with van der Waals surface area (Å²) in [6.07, 6.45) is 6.82. The molecule has 1 aromatic heterocycles. The highest BCUT2D eigenvalue weighted by Crippen LogP contribution is 2.62. The van der Waals surface area contributed by atoms with Crippen LogP contribution < -0.4 is 4.74 Å². The lowest BCUT2D eigenvalue weighted by Crippen LogP contribution is -2.38. The maximum atomic E-state index is 6.85. The minimum atomic E-state index is -0.536. The Morgan fingerprint density at radius 1 is 0.604 bits per heavy atom. The van der Waals surface area contributed by atoms with Crippen LogP contribution in [0.5, 0.6) is 11.5 Å². The molecule has 0 amide bonds. The molecule has 0 N–H and O–H groups in total. The summed E-state index contributed by atoms with van der Waals surface area (Å²) in [6.45, 7) is 4.72. The summed E-state index contributed by atoms with van der Waals surface area (Å²) in [7, 11) is 0. The molecule has 3 heterocycles. The standard InChI is InChI=1S/C46H33NO/c1-45(2)33-17-5-3-14-32(33)43-29(15-11-20-36(43)45)28-25-26-42-38(27-28)46(35-19-7-10-24-41(35)48-42)34-18-6-9-23-40(34)47-39-22-8-4-13-30(39)31-16-12-21-37(46)44(31)47/h3-8,10-22,24-27H,9,23H2,1-2H3. The van der Waals surface area contributed by atoms with Crippen LogP contribution in [-0.4, -0.2) is 4.57 Å². The molecule has 1 unspecified atom stereocenters. The van der Waals surface area contributed by atoms with Crippen LogP contribution in [0.1, 0.15) is 54.5 Å². The van der Waals surface area contributed by atoms with Crippen molar-refractivity contribution < 1.29 is 4.74 Å².